The van der Waals surface area contributed by atoms with Gasteiger partial charge in [0.05, 0.1) is 0 Å². The van der Waals surface area contributed by atoms with Crippen LogP contribution in [0.15, 0.2) is 14.7 Å². The lowest BCUT2D eigenvalue weighted by Gasteiger charge is -2.00. The van der Waals surface area contributed by atoms with Crippen molar-refractivity contribution in [1.82, 2.24) is 19.1 Å². The van der Waals surface area contributed by atoms with Crippen molar-refractivity contribution in [2.24, 2.45) is 14.1 Å². The average molecular weight is 282 g/mol. The zero-order chi connectivity index (χ0) is 14.2. The highest BCUT2D eigenvalue weighted by Crippen LogP contribution is 2.17. The van der Waals surface area contributed by atoms with E-state index in [4.69, 9.17) is 0 Å². The van der Waals surface area contributed by atoms with Crippen LogP contribution in [0.25, 0.3) is 11.2 Å². The van der Waals surface area contributed by atoms with Crippen LogP contribution in [-0.4, -0.2) is 30.6 Å². The van der Waals surface area contributed by atoms with E-state index in [-0.39, 0.29) is 5.78 Å². The molecule has 0 aliphatic carbocycles. The van der Waals surface area contributed by atoms with Crippen LogP contribution < -0.4 is 11.2 Å². The fourth-order valence-corrected chi connectivity index (χ4v) is 2.57. The summed E-state index contributed by atoms with van der Waals surface area (Å²) in [4.78, 5) is 41.6. The second kappa shape index (κ2) is 5.04. The highest BCUT2D eigenvalue weighted by molar-refractivity contribution is 7.99. The van der Waals surface area contributed by atoms with Crippen molar-refractivity contribution in [2.45, 2.75) is 18.5 Å². The molecular weight excluding hydrogens is 268 g/mol. The Kier molecular flexibility index (Phi) is 3.61. The molecule has 0 atom stereocenters. The first-order valence-electron chi connectivity index (χ1n) is 5.69. The monoisotopic (exact) mass is 282 g/mol. The maximum atomic E-state index is 11.9. The van der Waals surface area contributed by atoms with Gasteiger partial charge in [0.2, 0.25) is 0 Å². The lowest BCUT2D eigenvalue weighted by atomic mass is 10.4. The molecule has 2 aromatic heterocycles. The van der Waals surface area contributed by atoms with Gasteiger partial charge in [-0.1, -0.05) is 11.8 Å². The number of hydrogen-bond acceptors (Lipinski definition) is 5. The molecule has 2 aromatic rings. The van der Waals surface area contributed by atoms with Crippen molar-refractivity contribution in [3.63, 3.8) is 0 Å². The summed E-state index contributed by atoms with van der Waals surface area (Å²) in [5.74, 6) is 0.690. The average Bonchev–Trinajstić information content (AvgIpc) is 2.77. The number of aryl methyl sites for hydroxylation is 1. The van der Waals surface area contributed by atoms with Crippen molar-refractivity contribution in [3.8, 4) is 0 Å². The van der Waals surface area contributed by atoms with Gasteiger partial charge >= 0.3 is 5.69 Å². The van der Waals surface area contributed by atoms with Crippen LogP contribution in [0.2, 0.25) is 0 Å². The number of rotatable bonds is 4. The van der Waals surface area contributed by atoms with Crippen LogP contribution in [0, 0.1) is 0 Å². The molecule has 0 bridgehead atoms. The Labute approximate surface area is 112 Å². The van der Waals surface area contributed by atoms with Gasteiger partial charge in [-0.3, -0.25) is 18.7 Å². The first-order chi connectivity index (χ1) is 8.91. The number of Topliss-reactive ketones (excluding diaryl/α,β-unsaturated/α-hetero) is 1. The summed E-state index contributed by atoms with van der Waals surface area (Å²) < 4.78 is 2.35. The lowest BCUT2D eigenvalue weighted by molar-refractivity contribution is -0.116. The minimum absolute atomic E-state index is 0.104. The van der Waals surface area contributed by atoms with Crippen LogP contribution in [0.3, 0.4) is 0 Å². The van der Waals surface area contributed by atoms with Gasteiger partial charge in [-0.25, -0.2) is 9.78 Å². The van der Waals surface area contributed by atoms with Crippen LogP contribution in [0.1, 0.15) is 13.3 Å². The minimum atomic E-state index is -0.413. The van der Waals surface area contributed by atoms with E-state index >= 15 is 0 Å². The van der Waals surface area contributed by atoms with Gasteiger partial charge in [-0.2, -0.15) is 0 Å². The molecule has 0 saturated heterocycles. The molecular formula is C11H14N4O3S. The summed E-state index contributed by atoms with van der Waals surface area (Å²) in [6, 6.07) is 0. The molecule has 1 N–H and O–H groups in total. The fraction of sp³-hybridized carbons (Fsp3) is 0.455. The van der Waals surface area contributed by atoms with E-state index in [1.54, 1.807) is 7.05 Å². The van der Waals surface area contributed by atoms with E-state index < -0.39 is 11.2 Å². The van der Waals surface area contributed by atoms with Crippen LogP contribution in [0.5, 0.6) is 0 Å². The van der Waals surface area contributed by atoms with Gasteiger partial charge in [0.1, 0.15) is 5.78 Å². The van der Waals surface area contributed by atoms with Gasteiger partial charge < -0.3 is 4.98 Å². The van der Waals surface area contributed by atoms with E-state index in [9.17, 15) is 14.4 Å². The van der Waals surface area contributed by atoms with Gasteiger partial charge in [0.25, 0.3) is 5.56 Å². The van der Waals surface area contributed by atoms with Crippen molar-refractivity contribution < 1.29 is 4.79 Å². The molecule has 2 heterocycles. The van der Waals surface area contributed by atoms with E-state index in [0.717, 1.165) is 4.57 Å². The number of aromatic amines is 1. The number of nitrogens with one attached hydrogen (secondary N) is 1. The molecule has 0 amide bonds. The van der Waals surface area contributed by atoms with Crippen molar-refractivity contribution in [2.75, 3.05) is 5.75 Å². The van der Waals surface area contributed by atoms with Crippen LogP contribution in [0.4, 0.5) is 0 Å². The molecule has 8 heteroatoms. The molecule has 7 nitrogen and oxygen atoms in total. The summed E-state index contributed by atoms with van der Waals surface area (Å²) >= 11 is 1.35. The summed E-state index contributed by atoms with van der Waals surface area (Å²) in [7, 11) is 2.99. The number of ketones is 1. The van der Waals surface area contributed by atoms with Crippen LogP contribution in [-0.2, 0) is 18.9 Å². The molecule has 0 aromatic carbocycles. The number of thioether (sulfide) groups is 1. The molecule has 0 radical (unpaired) electrons. The zero-order valence-corrected chi connectivity index (χ0v) is 11.7. The summed E-state index contributed by atoms with van der Waals surface area (Å²) in [5, 5.41) is 0.537. The molecule has 0 aliphatic rings. The number of aromatic nitrogens is 4. The first-order valence-corrected chi connectivity index (χ1v) is 6.68. The first kappa shape index (κ1) is 13.6. The Hall–Kier alpha value is -1.83. The Balaban J connectivity index is 2.44. The second-order valence-corrected chi connectivity index (χ2v) is 5.33. The third kappa shape index (κ3) is 2.48. The third-order valence-corrected chi connectivity index (χ3v) is 3.64. The van der Waals surface area contributed by atoms with Gasteiger partial charge in [0.15, 0.2) is 16.3 Å². The lowest BCUT2D eigenvalue weighted by Crippen LogP contribution is -2.36. The van der Waals surface area contributed by atoms with Gasteiger partial charge in [-0.05, 0) is 6.92 Å². The molecule has 0 saturated carbocycles. The molecule has 0 fully saturated rings. The second-order valence-electron chi connectivity index (χ2n) is 4.25. The zero-order valence-electron chi connectivity index (χ0n) is 10.9. The normalized spacial score (nSPS) is 11.1. The predicted octanol–water partition coefficient (Wildman–Crippen LogP) is 0.0315. The van der Waals surface area contributed by atoms with Gasteiger partial charge in [-0.15, -0.1) is 0 Å². The number of carbonyl (C=O) groups is 1. The molecule has 0 unspecified atom stereocenters. The molecule has 0 spiro atoms. The van der Waals surface area contributed by atoms with Crippen molar-refractivity contribution in [3.05, 3.63) is 20.8 Å². The van der Waals surface area contributed by atoms with E-state index in [2.05, 4.69) is 9.97 Å². The summed E-state index contributed by atoms with van der Waals surface area (Å²) in [6.45, 7) is 1.53. The highest BCUT2D eigenvalue weighted by atomic mass is 32.2. The molecule has 19 heavy (non-hydrogen) atoms. The highest BCUT2D eigenvalue weighted by Gasteiger charge is 2.13. The summed E-state index contributed by atoms with van der Waals surface area (Å²) in [6.07, 6.45) is 0.443. The maximum absolute atomic E-state index is 11.9. The number of carbonyl (C=O) groups excluding carboxylic acids is 1. The quantitative estimate of drug-likeness (QED) is 0.799. The number of hydrogen-bond donors (Lipinski definition) is 1. The Morgan fingerprint density at radius 1 is 1.32 bits per heavy atom. The molecule has 0 aliphatic heterocycles. The SMILES string of the molecule is CC(=O)CCSc1nc2c([nH]1)c(=O)n(C)c(=O)n2C. The smallest absolute Gasteiger partial charge is 0.327 e. The van der Waals surface area contributed by atoms with E-state index in [1.165, 1.54) is 30.3 Å². The fourth-order valence-electron chi connectivity index (χ4n) is 1.66. The maximum Gasteiger partial charge on any atom is 0.332 e. The Morgan fingerprint density at radius 3 is 2.63 bits per heavy atom. The van der Waals surface area contributed by atoms with Crippen molar-refractivity contribution in [1.29, 1.82) is 0 Å². The van der Waals surface area contributed by atoms with E-state index in [0.29, 0.717) is 28.5 Å². The topological polar surface area (TPSA) is 89.8 Å². The van der Waals surface area contributed by atoms with Gasteiger partial charge in [0, 0.05) is 26.3 Å². The number of imidazole rings is 1. The van der Waals surface area contributed by atoms with Crippen molar-refractivity contribution >= 4 is 28.7 Å². The minimum Gasteiger partial charge on any atom is -0.327 e. The predicted molar refractivity (Wildman–Crippen MR) is 72.6 cm³/mol. The Bertz CT molecular complexity index is 756. The molecule has 2 rings (SSSR count). The Morgan fingerprint density at radius 2 is 2.00 bits per heavy atom. The van der Waals surface area contributed by atoms with E-state index in [1.807, 2.05) is 0 Å². The number of fused-ring (bicyclic) bond motifs is 1. The number of nitrogens with zero attached hydrogens (tertiary/aromatic N) is 3. The number of H-pyrrole nitrogens is 1. The largest absolute Gasteiger partial charge is 0.332 e. The third-order valence-electron chi connectivity index (χ3n) is 2.77. The molecule has 102 valence electrons. The summed E-state index contributed by atoms with van der Waals surface area (Å²) in [5.41, 5.74) is -0.179. The van der Waals surface area contributed by atoms with Crippen LogP contribution >= 0.6 is 11.8 Å². The standard InChI is InChI=1S/C11H14N4O3S/c1-6(16)4-5-19-10-12-7-8(13-10)14(2)11(18)15(3)9(7)17/h4-5H2,1-3H3,(H,12,13).